The zero-order valence-electron chi connectivity index (χ0n) is 9.75. The maximum absolute atomic E-state index is 12.0. The lowest BCUT2D eigenvalue weighted by molar-refractivity contribution is 0.423. The van der Waals surface area contributed by atoms with Crippen LogP contribution in [0.5, 0.6) is 0 Å². The number of aromatic nitrogens is 1. The third-order valence-corrected chi connectivity index (χ3v) is 3.66. The molecule has 7 heteroatoms. The molecule has 1 aromatic heterocycles. The summed E-state index contributed by atoms with van der Waals surface area (Å²) in [6.45, 7) is 0.692. The highest BCUT2D eigenvalue weighted by Crippen LogP contribution is 2.15. The lowest BCUT2D eigenvalue weighted by atomic mass is 10.2. The Hall–Kier alpha value is -1.86. The van der Waals surface area contributed by atoms with Crippen LogP contribution in [0.1, 0.15) is 5.56 Å². The molecule has 0 aliphatic heterocycles. The summed E-state index contributed by atoms with van der Waals surface area (Å²) in [6, 6.07) is 8.05. The molecule has 0 bridgehead atoms. The standard InChI is InChI=1S/C11H13N3O3S/c1-12-8-9-2-4-10(5-3-9)18(15,16)14-11-6-7-17-13-11/h2-7,12H,8H2,1H3,(H,13,14). The summed E-state index contributed by atoms with van der Waals surface area (Å²) in [6.07, 6.45) is 1.30. The van der Waals surface area contributed by atoms with Gasteiger partial charge in [-0.25, -0.2) is 8.42 Å². The zero-order valence-corrected chi connectivity index (χ0v) is 10.6. The van der Waals surface area contributed by atoms with Crippen LogP contribution in [0.3, 0.4) is 0 Å². The fraction of sp³-hybridized carbons (Fsp3) is 0.182. The third kappa shape index (κ3) is 2.88. The van der Waals surface area contributed by atoms with Gasteiger partial charge >= 0.3 is 0 Å². The van der Waals surface area contributed by atoms with Crippen molar-refractivity contribution >= 4 is 15.8 Å². The second kappa shape index (κ2) is 5.19. The van der Waals surface area contributed by atoms with Gasteiger partial charge in [0.2, 0.25) is 0 Å². The van der Waals surface area contributed by atoms with Crippen LogP contribution in [0, 0.1) is 0 Å². The molecule has 18 heavy (non-hydrogen) atoms. The van der Waals surface area contributed by atoms with Gasteiger partial charge in [-0.3, -0.25) is 4.72 Å². The molecule has 0 aliphatic carbocycles. The topological polar surface area (TPSA) is 84.2 Å². The second-order valence-corrected chi connectivity index (χ2v) is 5.35. The number of rotatable bonds is 5. The van der Waals surface area contributed by atoms with E-state index in [0.29, 0.717) is 6.54 Å². The van der Waals surface area contributed by atoms with Crippen LogP contribution in [-0.2, 0) is 16.6 Å². The molecule has 0 saturated heterocycles. The highest BCUT2D eigenvalue weighted by molar-refractivity contribution is 7.92. The number of benzene rings is 1. The van der Waals surface area contributed by atoms with Crippen LogP contribution in [0.4, 0.5) is 5.82 Å². The molecule has 0 spiro atoms. The van der Waals surface area contributed by atoms with E-state index < -0.39 is 10.0 Å². The number of nitrogens with one attached hydrogen (secondary N) is 2. The molecule has 1 heterocycles. The maximum atomic E-state index is 12.0. The average molecular weight is 267 g/mol. The van der Waals surface area contributed by atoms with Crippen molar-refractivity contribution < 1.29 is 12.9 Å². The van der Waals surface area contributed by atoms with E-state index in [0.717, 1.165) is 5.56 Å². The van der Waals surface area contributed by atoms with Crippen LogP contribution >= 0.6 is 0 Å². The number of hydrogen-bond donors (Lipinski definition) is 2. The first-order valence-corrected chi connectivity index (χ1v) is 6.77. The Labute approximate surface area is 105 Å². The summed E-state index contributed by atoms with van der Waals surface area (Å²) in [4.78, 5) is 0.186. The fourth-order valence-electron chi connectivity index (χ4n) is 1.45. The molecule has 0 aliphatic rings. The largest absolute Gasteiger partial charge is 0.363 e. The Morgan fingerprint density at radius 3 is 2.50 bits per heavy atom. The van der Waals surface area contributed by atoms with E-state index in [1.54, 1.807) is 24.3 Å². The van der Waals surface area contributed by atoms with Crippen molar-refractivity contribution in [3.05, 3.63) is 42.2 Å². The van der Waals surface area contributed by atoms with E-state index >= 15 is 0 Å². The van der Waals surface area contributed by atoms with Crippen LogP contribution in [0.25, 0.3) is 0 Å². The molecule has 0 radical (unpaired) electrons. The van der Waals surface area contributed by atoms with E-state index in [-0.39, 0.29) is 10.7 Å². The minimum atomic E-state index is -3.61. The van der Waals surface area contributed by atoms with E-state index in [1.165, 1.54) is 12.3 Å². The highest BCUT2D eigenvalue weighted by atomic mass is 32.2. The Balaban J connectivity index is 2.19. The molecular weight excluding hydrogens is 254 g/mol. The Bertz CT molecular complexity index is 591. The van der Waals surface area contributed by atoms with Crippen molar-refractivity contribution in [3.8, 4) is 0 Å². The molecular formula is C11H13N3O3S. The van der Waals surface area contributed by atoms with Gasteiger partial charge in [-0.05, 0) is 24.7 Å². The molecule has 0 unspecified atom stereocenters. The van der Waals surface area contributed by atoms with E-state index in [9.17, 15) is 8.42 Å². The van der Waals surface area contributed by atoms with Gasteiger partial charge in [-0.1, -0.05) is 17.3 Å². The second-order valence-electron chi connectivity index (χ2n) is 3.66. The first-order chi connectivity index (χ1) is 8.62. The molecule has 1 aromatic carbocycles. The normalized spacial score (nSPS) is 11.4. The lowest BCUT2D eigenvalue weighted by Gasteiger charge is -2.06. The lowest BCUT2D eigenvalue weighted by Crippen LogP contribution is -2.13. The summed E-state index contributed by atoms with van der Waals surface area (Å²) >= 11 is 0. The van der Waals surface area contributed by atoms with Gasteiger partial charge in [-0.2, -0.15) is 0 Å². The van der Waals surface area contributed by atoms with Crippen LogP contribution in [-0.4, -0.2) is 20.6 Å². The summed E-state index contributed by atoms with van der Waals surface area (Å²) in [5.74, 6) is 0.161. The average Bonchev–Trinajstić information content (AvgIpc) is 2.82. The minimum Gasteiger partial charge on any atom is -0.363 e. The van der Waals surface area contributed by atoms with Crippen LogP contribution in [0.2, 0.25) is 0 Å². The maximum Gasteiger partial charge on any atom is 0.263 e. The van der Waals surface area contributed by atoms with Crippen molar-refractivity contribution in [2.75, 3.05) is 11.8 Å². The smallest absolute Gasteiger partial charge is 0.263 e. The van der Waals surface area contributed by atoms with Crippen molar-refractivity contribution in [1.29, 1.82) is 0 Å². The molecule has 0 atom stereocenters. The monoisotopic (exact) mass is 267 g/mol. The predicted octanol–water partition coefficient (Wildman–Crippen LogP) is 1.19. The van der Waals surface area contributed by atoms with E-state index in [1.807, 2.05) is 7.05 Å². The van der Waals surface area contributed by atoms with Crippen molar-refractivity contribution in [2.45, 2.75) is 11.4 Å². The molecule has 2 N–H and O–H groups in total. The predicted molar refractivity (Wildman–Crippen MR) is 66.5 cm³/mol. The minimum absolute atomic E-state index is 0.161. The summed E-state index contributed by atoms with van der Waals surface area (Å²) in [5.41, 5.74) is 1.01. The third-order valence-electron chi connectivity index (χ3n) is 2.29. The quantitative estimate of drug-likeness (QED) is 0.850. The number of hydrogen-bond acceptors (Lipinski definition) is 5. The molecule has 0 saturated carbocycles. The van der Waals surface area contributed by atoms with Crippen LogP contribution in [0.15, 0.2) is 46.0 Å². The fourth-order valence-corrected chi connectivity index (χ4v) is 2.45. The Kier molecular flexibility index (Phi) is 3.63. The van der Waals surface area contributed by atoms with E-state index in [2.05, 4.69) is 19.7 Å². The van der Waals surface area contributed by atoms with Gasteiger partial charge in [0.25, 0.3) is 10.0 Å². The van der Waals surface area contributed by atoms with Gasteiger partial charge in [0.05, 0.1) is 4.90 Å². The first-order valence-electron chi connectivity index (χ1n) is 5.28. The summed E-state index contributed by atoms with van der Waals surface area (Å²) < 4.78 is 30.8. The molecule has 0 amide bonds. The molecule has 0 fully saturated rings. The highest BCUT2D eigenvalue weighted by Gasteiger charge is 2.15. The molecule has 2 aromatic rings. The zero-order chi connectivity index (χ0) is 13.0. The summed E-state index contributed by atoms with van der Waals surface area (Å²) in [7, 11) is -1.78. The van der Waals surface area contributed by atoms with Crippen molar-refractivity contribution in [2.24, 2.45) is 0 Å². The Morgan fingerprint density at radius 1 is 1.22 bits per heavy atom. The van der Waals surface area contributed by atoms with Gasteiger partial charge in [-0.15, -0.1) is 0 Å². The SMILES string of the molecule is CNCc1ccc(S(=O)(=O)Nc2ccon2)cc1. The van der Waals surface area contributed by atoms with Crippen molar-refractivity contribution in [3.63, 3.8) is 0 Å². The van der Waals surface area contributed by atoms with Gasteiger partial charge in [0.15, 0.2) is 5.82 Å². The van der Waals surface area contributed by atoms with Crippen molar-refractivity contribution in [1.82, 2.24) is 10.5 Å². The van der Waals surface area contributed by atoms with Gasteiger partial charge in [0, 0.05) is 12.6 Å². The summed E-state index contributed by atoms with van der Waals surface area (Å²) in [5, 5.41) is 6.49. The number of anilines is 1. The molecule has 2 rings (SSSR count). The first kappa shape index (κ1) is 12.6. The molecule has 96 valence electrons. The van der Waals surface area contributed by atoms with Crippen LogP contribution < -0.4 is 10.0 Å². The molecule has 6 nitrogen and oxygen atoms in total. The number of sulfonamides is 1. The number of nitrogens with zero attached hydrogens (tertiary/aromatic N) is 1. The van der Waals surface area contributed by atoms with Gasteiger partial charge in [0.1, 0.15) is 6.26 Å². The van der Waals surface area contributed by atoms with E-state index in [4.69, 9.17) is 0 Å². The van der Waals surface area contributed by atoms with Gasteiger partial charge < -0.3 is 9.84 Å². The Morgan fingerprint density at radius 2 is 1.94 bits per heavy atom.